The summed E-state index contributed by atoms with van der Waals surface area (Å²) in [7, 11) is 0. The van der Waals surface area contributed by atoms with E-state index in [1.807, 2.05) is 65.4 Å². The Balaban J connectivity index is 1.30. The molecule has 1 aromatic heterocycles. The van der Waals surface area contributed by atoms with Crippen LogP contribution in [0.25, 0.3) is 0 Å². The van der Waals surface area contributed by atoms with Gasteiger partial charge in [-0.05, 0) is 67.1 Å². The van der Waals surface area contributed by atoms with E-state index in [2.05, 4.69) is 22.4 Å². The molecule has 7 heteroatoms. The van der Waals surface area contributed by atoms with Crippen LogP contribution in [0.15, 0.2) is 90.3 Å². The molecule has 0 radical (unpaired) electrons. The van der Waals surface area contributed by atoms with Gasteiger partial charge >= 0.3 is 0 Å². The predicted molar refractivity (Wildman–Crippen MR) is 152 cm³/mol. The number of ether oxygens (including phenoxy) is 1. The van der Waals surface area contributed by atoms with Gasteiger partial charge in [-0.25, -0.2) is 4.98 Å². The van der Waals surface area contributed by atoms with Crippen molar-refractivity contribution in [1.82, 2.24) is 14.9 Å². The van der Waals surface area contributed by atoms with Crippen LogP contribution in [0.2, 0.25) is 0 Å². The second-order valence-corrected chi connectivity index (χ2v) is 11.2. The highest BCUT2D eigenvalue weighted by molar-refractivity contribution is 7.98. The van der Waals surface area contributed by atoms with Crippen molar-refractivity contribution in [3.05, 3.63) is 113 Å². The summed E-state index contributed by atoms with van der Waals surface area (Å²) in [5.41, 5.74) is 4.72. The highest BCUT2D eigenvalue weighted by atomic mass is 32.2. The first-order valence-corrected chi connectivity index (χ1v) is 14.5. The first-order chi connectivity index (χ1) is 19.1. The van der Waals surface area contributed by atoms with Crippen molar-refractivity contribution in [3.63, 3.8) is 0 Å². The summed E-state index contributed by atoms with van der Waals surface area (Å²) in [5, 5.41) is 3.07. The van der Waals surface area contributed by atoms with Crippen molar-refractivity contribution in [3.8, 4) is 5.75 Å². The summed E-state index contributed by atoms with van der Waals surface area (Å²) < 4.78 is 8.79. The van der Waals surface area contributed by atoms with Gasteiger partial charge in [0.15, 0.2) is 5.78 Å². The molecule has 1 saturated carbocycles. The van der Waals surface area contributed by atoms with Crippen LogP contribution in [0.5, 0.6) is 5.75 Å². The molecule has 0 bridgehead atoms. The third-order valence-corrected chi connectivity index (χ3v) is 8.31. The van der Waals surface area contributed by atoms with Gasteiger partial charge in [0, 0.05) is 52.2 Å². The SMILES string of the molecule is O=C(NC1CC1)c1cccc(SCc2c(O[C@H](Cn3ccnc3)c3ccccc3)ccc3c2CCCC3=O)c1. The van der Waals surface area contributed by atoms with E-state index < -0.39 is 0 Å². The number of ketones is 1. The van der Waals surface area contributed by atoms with E-state index in [-0.39, 0.29) is 17.8 Å². The van der Waals surface area contributed by atoms with E-state index in [9.17, 15) is 9.59 Å². The fourth-order valence-electron chi connectivity index (χ4n) is 5.04. The summed E-state index contributed by atoms with van der Waals surface area (Å²) in [6.45, 7) is 0.616. The summed E-state index contributed by atoms with van der Waals surface area (Å²) in [6.07, 6.45) is 9.70. The number of Topliss-reactive ketones (excluding diaryl/α,β-unsaturated/α-hetero) is 1. The van der Waals surface area contributed by atoms with Crippen LogP contribution >= 0.6 is 11.8 Å². The standard InChI is InChI=1S/C32H31N3O3S/c36-29-11-5-10-26-27(29)14-15-30(38-31(19-35-17-16-33-21-35)22-6-2-1-3-7-22)28(26)20-39-25-9-4-8-23(18-25)32(37)34-24-12-13-24/h1-4,6-9,14-18,21,24,31H,5,10-13,19-20H2,(H,34,37)/t31-/m1/s1. The number of thioether (sulfide) groups is 1. The quantitative estimate of drug-likeness (QED) is 0.237. The highest BCUT2D eigenvalue weighted by Gasteiger charge is 2.26. The van der Waals surface area contributed by atoms with Gasteiger partial charge in [-0.1, -0.05) is 36.4 Å². The van der Waals surface area contributed by atoms with Crippen LogP contribution in [0, 0.1) is 0 Å². The zero-order valence-electron chi connectivity index (χ0n) is 21.7. The van der Waals surface area contributed by atoms with Gasteiger partial charge in [-0.15, -0.1) is 11.8 Å². The molecule has 3 aromatic carbocycles. The Morgan fingerprint density at radius 3 is 2.74 bits per heavy atom. The van der Waals surface area contributed by atoms with Crippen LogP contribution in [0.1, 0.15) is 69.2 Å². The predicted octanol–water partition coefficient (Wildman–Crippen LogP) is 6.41. The van der Waals surface area contributed by atoms with Gasteiger partial charge in [0.05, 0.1) is 12.9 Å². The summed E-state index contributed by atoms with van der Waals surface area (Å²) >= 11 is 1.67. The van der Waals surface area contributed by atoms with Gasteiger partial charge in [0.25, 0.3) is 5.91 Å². The number of hydrogen-bond acceptors (Lipinski definition) is 5. The van der Waals surface area contributed by atoms with E-state index >= 15 is 0 Å². The van der Waals surface area contributed by atoms with Crippen LogP contribution in [0.3, 0.4) is 0 Å². The first-order valence-electron chi connectivity index (χ1n) is 13.5. The van der Waals surface area contributed by atoms with Crippen LogP contribution in [-0.2, 0) is 18.7 Å². The lowest BCUT2D eigenvalue weighted by molar-refractivity contribution is 0.0948. The maximum absolute atomic E-state index is 12.8. The smallest absolute Gasteiger partial charge is 0.251 e. The average molecular weight is 538 g/mol. The number of carbonyl (C=O) groups is 2. The number of imidazole rings is 1. The Labute approximate surface area is 232 Å². The molecule has 2 aliphatic rings. The van der Waals surface area contributed by atoms with Gasteiger partial charge in [0.2, 0.25) is 0 Å². The lowest BCUT2D eigenvalue weighted by Crippen LogP contribution is -2.25. The summed E-state index contributed by atoms with van der Waals surface area (Å²) in [6, 6.07) is 22.2. The lowest BCUT2D eigenvalue weighted by Gasteiger charge is -2.25. The van der Waals surface area contributed by atoms with E-state index in [1.54, 1.807) is 24.3 Å². The Hall–Kier alpha value is -3.84. The maximum atomic E-state index is 12.8. The number of nitrogens with one attached hydrogen (secondary N) is 1. The molecule has 1 fully saturated rings. The molecule has 1 atom stereocenters. The van der Waals surface area contributed by atoms with Gasteiger partial charge in [0.1, 0.15) is 11.9 Å². The number of rotatable bonds is 10. The van der Waals surface area contributed by atoms with E-state index in [4.69, 9.17) is 4.74 Å². The molecule has 1 N–H and O–H groups in total. The minimum absolute atomic E-state index is 0.0168. The Bertz CT molecular complexity index is 1470. The number of carbonyl (C=O) groups excluding carboxylic acids is 2. The second-order valence-electron chi connectivity index (χ2n) is 10.2. The third-order valence-electron chi connectivity index (χ3n) is 7.29. The van der Waals surface area contributed by atoms with Crippen molar-refractivity contribution < 1.29 is 14.3 Å². The molecule has 0 saturated heterocycles. The zero-order chi connectivity index (χ0) is 26.6. The molecular formula is C32H31N3O3S. The molecule has 0 unspecified atom stereocenters. The van der Waals surface area contributed by atoms with Gasteiger partial charge < -0.3 is 14.6 Å². The van der Waals surface area contributed by atoms with Crippen LogP contribution in [-0.4, -0.2) is 27.3 Å². The molecule has 6 rings (SSSR count). The number of fused-ring (bicyclic) bond motifs is 1. The van der Waals surface area contributed by atoms with Crippen molar-refractivity contribution in [2.24, 2.45) is 0 Å². The van der Waals surface area contributed by atoms with E-state index in [1.165, 1.54) is 0 Å². The fourth-order valence-corrected chi connectivity index (χ4v) is 6.06. The maximum Gasteiger partial charge on any atom is 0.251 e. The van der Waals surface area contributed by atoms with Gasteiger partial charge in [-0.3, -0.25) is 9.59 Å². The third kappa shape index (κ3) is 6.09. The molecule has 198 valence electrons. The van der Waals surface area contributed by atoms with Crippen LogP contribution < -0.4 is 10.1 Å². The molecule has 39 heavy (non-hydrogen) atoms. The number of benzene rings is 3. The van der Waals surface area contributed by atoms with Crippen molar-refractivity contribution >= 4 is 23.5 Å². The number of hydrogen-bond donors (Lipinski definition) is 1. The summed E-state index contributed by atoms with van der Waals surface area (Å²) in [4.78, 5) is 30.6. The topological polar surface area (TPSA) is 73.2 Å². The first kappa shape index (κ1) is 25.4. The van der Waals surface area contributed by atoms with Crippen LogP contribution in [0.4, 0.5) is 0 Å². The Morgan fingerprint density at radius 1 is 1.08 bits per heavy atom. The van der Waals surface area contributed by atoms with E-state index in [0.29, 0.717) is 30.3 Å². The monoisotopic (exact) mass is 537 g/mol. The van der Waals surface area contributed by atoms with E-state index in [0.717, 1.165) is 58.6 Å². The Morgan fingerprint density at radius 2 is 1.95 bits per heavy atom. The number of nitrogens with zero attached hydrogens (tertiary/aromatic N) is 2. The lowest BCUT2D eigenvalue weighted by atomic mass is 9.87. The molecule has 0 aliphatic heterocycles. The van der Waals surface area contributed by atoms with Crippen molar-refractivity contribution in [1.29, 1.82) is 0 Å². The molecule has 6 nitrogen and oxygen atoms in total. The molecule has 1 amide bonds. The van der Waals surface area contributed by atoms with Gasteiger partial charge in [-0.2, -0.15) is 0 Å². The molecule has 2 aliphatic carbocycles. The zero-order valence-corrected chi connectivity index (χ0v) is 22.5. The largest absolute Gasteiger partial charge is 0.484 e. The molecule has 4 aromatic rings. The van der Waals surface area contributed by atoms with Crippen molar-refractivity contribution in [2.45, 2.75) is 61.4 Å². The molecule has 1 heterocycles. The highest BCUT2D eigenvalue weighted by Crippen LogP contribution is 2.38. The minimum atomic E-state index is -0.226. The van der Waals surface area contributed by atoms with Crippen molar-refractivity contribution in [2.75, 3.05) is 0 Å². The number of amides is 1. The number of aromatic nitrogens is 2. The Kier molecular flexibility index (Phi) is 7.50. The average Bonchev–Trinajstić information content (AvgIpc) is 3.63. The minimum Gasteiger partial charge on any atom is -0.484 e. The second kappa shape index (κ2) is 11.5. The summed E-state index contributed by atoms with van der Waals surface area (Å²) in [5.74, 6) is 1.63. The molecule has 0 spiro atoms. The molecular weight excluding hydrogens is 506 g/mol. The normalized spacial score (nSPS) is 15.4. The fraction of sp³-hybridized carbons (Fsp3) is 0.281.